The summed E-state index contributed by atoms with van der Waals surface area (Å²) >= 11 is 0. The van der Waals surface area contributed by atoms with Crippen molar-refractivity contribution in [2.75, 3.05) is 23.7 Å². The van der Waals surface area contributed by atoms with Gasteiger partial charge in [0.15, 0.2) is 0 Å². The van der Waals surface area contributed by atoms with Crippen LogP contribution in [0.2, 0.25) is 0 Å². The van der Waals surface area contributed by atoms with Gasteiger partial charge < -0.3 is 4.90 Å². The van der Waals surface area contributed by atoms with E-state index in [9.17, 15) is 8.42 Å². The number of aryl methyl sites for hydroxylation is 1. The minimum atomic E-state index is -3.13. The number of aromatic nitrogens is 1. The molecule has 1 atom stereocenters. The molecule has 2 heterocycles. The Morgan fingerprint density at radius 2 is 2.26 bits per heavy atom. The number of rotatable bonds is 4. The first-order valence-corrected chi connectivity index (χ1v) is 8.34. The Morgan fingerprint density at radius 3 is 2.95 bits per heavy atom. The monoisotopic (exact) mass is 283 g/mol. The summed E-state index contributed by atoms with van der Waals surface area (Å²) in [6, 6.07) is 5.91. The van der Waals surface area contributed by atoms with Crippen LogP contribution in [-0.2, 0) is 10.0 Å². The Kier molecular flexibility index (Phi) is 4.42. The number of nitrogens with one attached hydrogen (secondary N) is 1. The Balaban J connectivity index is 2.05. The lowest BCUT2D eigenvalue weighted by Crippen LogP contribution is -2.48. The Labute approximate surface area is 115 Å². The molecule has 1 saturated heterocycles. The van der Waals surface area contributed by atoms with Gasteiger partial charge in [-0.2, -0.15) is 0 Å². The molecule has 0 bridgehead atoms. The molecule has 5 nitrogen and oxygen atoms in total. The predicted octanol–water partition coefficient (Wildman–Crippen LogP) is 1.30. The number of hydrogen-bond donors (Lipinski definition) is 1. The molecule has 106 valence electrons. The van der Waals surface area contributed by atoms with Crippen molar-refractivity contribution in [3.63, 3.8) is 0 Å². The zero-order valence-electron chi connectivity index (χ0n) is 11.5. The van der Waals surface area contributed by atoms with Crippen LogP contribution in [0.25, 0.3) is 0 Å². The zero-order chi connectivity index (χ0) is 13.9. The van der Waals surface area contributed by atoms with E-state index in [4.69, 9.17) is 0 Å². The van der Waals surface area contributed by atoms with E-state index < -0.39 is 10.0 Å². The SMILES string of the molecule is CCS(=O)(=O)N[C@H]1CCCN(c2cccc(C)n2)C1. The summed E-state index contributed by atoms with van der Waals surface area (Å²) in [5.74, 6) is 1.06. The molecule has 1 N–H and O–H groups in total. The highest BCUT2D eigenvalue weighted by Crippen LogP contribution is 2.18. The summed E-state index contributed by atoms with van der Waals surface area (Å²) in [5, 5.41) is 0. The maximum Gasteiger partial charge on any atom is 0.211 e. The smallest absolute Gasteiger partial charge is 0.211 e. The molecule has 0 radical (unpaired) electrons. The van der Waals surface area contributed by atoms with Crippen LogP contribution in [0.5, 0.6) is 0 Å². The molecule has 2 rings (SSSR count). The quantitative estimate of drug-likeness (QED) is 0.904. The predicted molar refractivity (Wildman–Crippen MR) is 76.8 cm³/mol. The molecule has 19 heavy (non-hydrogen) atoms. The zero-order valence-corrected chi connectivity index (χ0v) is 12.3. The van der Waals surface area contributed by atoms with E-state index in [-0.39, 0.29) is 11.8 Å². The summed E-state index contributed by atoms with van der Waals surface area (Å²) in [6.07, 6.45) is 1.87. The molecule has 0 amide bonds. The number of sulfonamides is 1. The lowest BCUT2D eigenvalue weighted by molar-refractivity contribution is 0.464. The van der Waals surface area contributed by atoms with Crippen LogP contribution < -0.4 is 9.62 Å². The highest BCUT2D eigenvalue weighted by molar-refractivity contribution is 7.89. The van der Waals surface area contributed by atoms with Gasteiger partial charge in [-0.3, -0.25) is 0 Å². The van der Waals surface area contributed by atoms with Crippen molar-refractivity contribution in [1.29, 1.82) is 0 Å². The minimum absolute atomic E-state index is 0.0130. The minimum Gasteiger partial charge on any atom is -0.355 e. The molecule has 1 aromatic rings. The van der Waals surface area contributed by atoms with Crippen LogP contribution in [0.15, 0.2) is 18.2 Å². The van der Waals surface area contributed by atoms with Crippen molar-refractivity contribution >= 4 is 15.8 Å². The number of piperidine rings is 1. The second-order valence-electron chi connectivity index (χ2n) is 4.94. The van der Waals surface area contributed by atoms with Gasteiger partial charge in [-0.15, -0.1) is 0 Å². The summed E-state index contributed by atoms with van der Waals surface area (Å²) in [6.45, 7) is 5.24. The first-order valence-electron chi connectivity index (χ1n) is 6.69. The average molecular weight is 283 g/mol. The van der Waals surface area contributed by atoms with Crippen LogP contribution in [0.4, 0.5) is 5.82 Å². The van der Waals surface area contributed by atoms with Crippen LogP contribution in [0.3, 0.4) is 0 Å². The molecule has 0 spiro atoms. The van der Waals surface area contributed by atoms with Crippen molar-refractivity contribution in [3.05, 3.63) is 23.9 Å². The molecule has 0 saturated carbocycles. The molecule has 0 aliphatic carbocycles. The largest absolute Gasteiger partial charge is 0.355 e. The normalized spacial score (nSPS) is 20.5. The molecule has 1 aliphatic rings. The molecule has 1 aromatic heterocycles. The average Bonchev–Trinajstić information content (AvgIpc) is 2.38. The van der Waals surface area contributed by atoms with Gasteiger partial charge in [0.05, 0.1) is 5.75 Å². The number of nitrogens with zero attached hydrogens (tertiary/aromatic N) is 2. The van der Waals surface area contributed by atoms with Crippen molar-refractivity contribution in [2.45, 2.75) is 32.7 Å². The Hall–Kier alpha value is -1.14. The first kappa shape index (κ1) is 14.3. The van der Waals surface area contributed by atoms with Crippen LogP contribution >= 0.6 is 0 Å². The van der Waals surface area contributed by atoms with Crippen molar-refractivity contribution < 1.29 is 8.42 Å². The molecule has 0 unspecified atom stereocenters. The van der Waals surface area contributed by atoms with Gasteiger partial charge in [0, 0.05) is 24.8 Å². The van der Waals surface area contributed by atoms with E-state index in [0.29, 0.717) is 6.54 Å². The summed E-state index contributed by atoms with van der Waals surface area (Å²) in [5.41, 5.74) is 0.980. The van der Waals surface area contributed by atoms with E-state index in [0.717, 1.165) is 30.9 Å². The first-order chi connectivity index (χ1) is 9.00. The fraction of sp³-hybridized carbons (Fsp3) is 0.615. The van der Waals surface area contributed by atoms with Crippen LogP contribution in [-0.4, -0.2) is 38.3 Å². The molecular weight excluding hydrogens is 262 g/mol. The third kappa shape index (κ3) is 3.91. The summed E-state index contributed by atoms with van der Waals surface area (Å²) in [7, 11) is -3.13. The van der Waals surface area contributed by atoms with Gasteiger partial charge in [-0.1, -0.05) is 6.07 Å². The number of anilines is 1. The highest BCUT2D eigenvalue weighted by Gasteiger charge is 2.24. The number of pyridine rings is 1. The van der Waals surface area contributed by atoms with Crippen LogP contribution in [0.1, 0.15) is 25.5 Å². The van der Waals surface area contributed by atoms with E-state index in [2.05, 4.69) is 14.6 Å². The lowest BCUT2D eigenvalue weighted by Gasteiger charge is -2.33. The molecule has 0 aromatic carbocycles. The molecule has 1 aliphatic heterocycles. The maximum absolute atomic E-state index is 11.6. The van der Waals surface area contributed by atoms with Crippen molar-refractivity contribution in [3.8, 4) is 0 Å². The third-order valence-corrected chi connectivity index (χ3v) is 4.80. The third-order valence-electron chi connectivity index (χ3n) is 3.35. The van der Waals surface area contributed by atoms with E-state index in [1.165, 1.54) is 0 Å². The standard InChI is InChI=1S/C13H21N3O2S/c1-3-19(17,18)15-12-7-5-9-16(10-12)13-8-4-6-11(2)14-13/h4,6,8,12,15H,3,5,7,9-10H2,1-2H3/t12-/m0/s1. The fourth-order valence-corrected chi connectivity index (χ4v) is 3.19. The molecule has 6 heteroatoms. The topological polar surface area (TPSA) is 62.3 Å². The van der Waals surface area contributed by atoms with Gasteiger partial charge in [-0.05, 0) is 38.8 Å². The second-order valence-corrected chi connectivity index (χ2v) is 6.99. The fourth-order valence-electron chi connectivity index (χ4n) is 2.32. The molecule has 1 fully saturated rings. The second kappa shape index (κ2) is 5.88. The maximum atomic E-state index is 11.6. The number of hydrogen-bond acceptors (Lipinski definition) is 4. The lowest BCUT2D eigenvalue weighted by atomic mass is 10.1. The van der Waals surface area contributed by atoms with Gasteiger partial charge in [0.2, 0.25) is 10.0 Å². The molecular formula is C13H21N3O2S. The van der Waals surface area contributed by atoms with Gasteiger partial charge in [0.25, 0.3) is 0 Å². The van der Waals surface area contributed by atoms with Crippen molar-refractivity contribution in [2.24, 2.45) is 0 Å². The Bertz CT molecular complexity index is 530. The van der Waals surface area contributed by atoms with Crippen LogP contribution in [0, 0.1) is 6.92 Å². The van der Waals surface area contributed by atoms with Gasteiger partial charge >= 0.3 is 0 Å². The summed E-state index contributed by atoms with van der Waals surface area (Å²) in [4.78, 5) is 6.65. The Morgan fingerprint density at radius 1 is 1.47 bits per heavy atom. The van der Waals surface area contributed by atoms with E-state index in [1.807, 2.05) is 25.1 Å². The van der Waals surface area contributed by atoms with E-state index >= 15 is 0 Å². The summed E-state index contributed by atoms with van der Waals surface area (Å²) < 4.78 is 26.0. The van der Waals surface area contributed by atoms with Crippen molar-refractivity contribution in [1.82, 2.24) is 9.71 Å². The highest BCUT2D eigenvalue weighted by atomic mass is 32.2. The van der Waals surface area contributed by atoms with Gasteiger partial charge in [-0.25, -0.2) is 18.1 Å². The van der Waals surface area contributed by atoms with Gasteiger partial charge in [0.1, 0.15) is 5.82 Å². The van der Waals surface area contributed by atoms with E-state index in [1.54, 1.807) is 6.92 Å².